The van der Waals surface area contributed by atoms with Crippen LogP contribution in [0.15, 0.2) is 83.5 Å². The van der Waals surface area contributed by atoms with Gasteiger partial charge < -0.3 is 4.42 Å². The van der Waals surface area contributed by atoms with E-state index in [1.165, 1.54) is 0 Å². The quantitative estimate of drug-likeness (QED) is 0.503. The molecule has 100 valence electrons. The summed E-state index contributed by atoms with van der Waals surface area (Å²) >= 11 is 0. The lowest BCUT2D eigenvalue weighted by Crippen LogP contribution is -1.84. The van der Waals surface area contributed by atoms with E-state index < -0.39 is 0 Å². The highest BCUT2D eigenvalue weighted by Gasteiger charge is 2.10. The van der Waals surface area contributed by atoms with Gasteiger partial charge in [0, 0.05) is 11.1 Å². The predicted octanol–water partition coefficient (Wildman–Crippen LogP) is 5.16. The number of fused-ring (bicyclic) bond motifs is 1. The van der Waals surface area contributed by atoms with Crippen molar-refractivity contribution in [3.63, 3.8) is 0 Å². The zero-order valence-corrected chi connectivity index (χ0v) is 11.4. The first-order chi connectivity index (χ1) is 10.4. The Hall–Kier alpha value is -2.87. The summed E-state index contributed by atoms with van der Waals surface area (Å²) in [6.07, 6.45) is 1.78. The minimum absolute atomic E-state index is 0.813. The molecule has 2 aromatic heterocycles. The van der Waals surface area contributed by atoms with Crippen LogP contribution in [0.4, 0.5) is 0 Å². The molecule has 0 saturated heterocycles. The van der Waals surface area contributed by atoms with Crippen molar-refractivity contribution in [2.24, 2.45) is 0 Å². The van der Waals surface area contributed by atoms with Gasteiger partial charge in [0.05, 0.1) is 5.69 Å². The molecule has 2 heterocycles. The molecule has 2 heteroatoms. The van der Waals surface area contributed by atoms with Crippen molar-refractivity contribution in [2.45, 2.75) is 0 Å². The van der Waals surface area contributed by atoms with Crippen LogP contribution in [-0.2, 0) is 0 Å². The molecule has 2 aromatic carbocycles. The summed E-state index contributed by atoms with van der Waals surface area (Å²) in [6.45, 7) is 0. The maximum absolute atomic E-state index is 5.63. The largest absolute Gasteiger partial charge is 0.462 e. The van der Waals surface area contributed by atoms with Gasteiger partial charge in [-0.2, -0.15) is 0 Å². The standard InChI is InChI=1S/C19H13NO/c1-3-7-14(8-4-1)16-13-21-18-12-11-17(20-19(16)18)15-9-5-2-6-10-15/h1-13H. The van der Waals surface area contributed by atoms with Gasteiger partial charge in [-0.05, 0) is 17.7 Å². The summed E-state index contributed by atoms with van der Waals surface area (Å²) in [7, 11) is 0. The molecular formula is C19H13NO. The van der Waals surface area contributed by atoms with Gasteiger partial charge in [-0.25, -0.2) is 4.98 Å². The molecule has 0 amide bonds. The fraction of sp³-hybridized carbons (Fsp3) is 0. The molecular weight excluding hydrogens is 258 g/mol. The Labute approximate surface area is 122 Å². The van der Waals surface area contributed by atoms with Crippen molar-refractivity contribution in [1.29, 1.82) is 0 Å². The summed E-state index contributed by atoms with van der Waals surface area (Å²) in [5.41, 5.74) is 5.94. The maximum atomic E-state index is 5.63. The summed E-state index contributed by atoms with van der Waals surface area (Å²) in [6, 6.07) is 24.4. The van der Waals surface area contributed by atoms with Crippen LogP contribution in [0.3, 0.4) is 0 Å². The molecule has 4 rings (SSSR count). The molecule has 0 aliphatic rings. The number of hydrogen-bond acceptors (Lipinski definition) is 2. The molecule has 0 atom stereocenters. The van der Waals surface area contributed by atoms with E-state index in [0.29, 0.717) is 0 Å². The highest BCUT2D eigenvalue weighted by atomic mass is 16.3. The second kappa shape index (κ2) is 4.91. The molecule has 0 bridgehead atoms. The second-order valence-corrected chi connectivity index (χ2v) is 4.92. The second-order valence-electron chi connectivity index (χ2n) is 4.92. The zero-order valence-electron chi connectivity index (χ0n) is 11.4. The molecule has 4 aromatic rings. The Morgan fingerprint density at radius 3 is 2.05 bits per heavy atom. The third kappa shape index (κ3) is 2.11. The number of rotatable bonds is 2. The lowest BCUT2D eigenvalue weighted by molar-refractivity contribution is 0.616. The first-order valence-corrected chi connectivity index (χ1v) is 6.91. The maximum Gasteiger partial charge on any atom is 0.153 e. The summed E-state index contributed by atoms with van der Waals surface area (Å²) in [5.74, 6) is 0. The van der Waals surface area contributed by atoms with Crippen LogP contribution in [-0.4, -0.2) is 4.98 Å². The third-order valence-electron chi connectivity index (χ3n) is 3.57. The Balaban J connectivity index is 1.91. The van der Waals surface area contributed by atoms with Crippen LogP contribution in [0.25, 0.3) is 33.5 Å². The summed E-state index contributed by atoms with van der Waals surface area (Å²) < 4.78 is 5.63. The molecule has 0 aliphatic heterocycles. The van der Waals surface area contributed by atoms with E-state index in [2.05, 4.69) is 24.3 Å². The Bertz CT molecular complexity index is 879. The van der Waals surface area contributed by atoms with E-state index in [0.717, 1.165) is 33.5 Å². The first kappa shape index (κ1) is 11.9. The number of aromatic nitrogens is 1. The molecule has 0 radical (unpaired) electrons. The lowest BCUT2D eigenvalue weighted by atomic mass is 10.1. The Morgan fingerprint density at radius 1 is 0.667 bits per heavy atom. The van der Waals surface area contributed by atoms with Crippen LogP contribution in [0.2, 0.25) is 0 Å². The smallest absolute Gasteiger partial charge is 0.153 e. The van der Waals surface area contributed by atoms with Crippen LogP contribution in [0.5, 0.6) is 0 Å². The van der Waals surface area contributed by atoms with Crippen LogP contribution < -0.4 is 0 Å². The van der Waals surface area contributed by atoms with Gasteiger partial charge in [0.25, 0.3) is 0 Å². The number of benzene rings is 2. The minimum atomic E-state index is 0.813. The number of furan rings is 1. The van der Waals surface area contributed by atoms with Gasteiger partial charge >= 0.3 is 0 Å². The van der Waals surface area contributed by atoms with Crippen molar-refractivity contribution in [1.82, 2.24) is 4.98 Å². The number of hydrogen-bond donors (Lipinski definition) is 0. The van der Waals surface area contributed by atoms with E-state index in [1.807, 2.05) is 48.5 Å². The number of nitrogens with zero attached hydrogens (tertiary/aromatic N) is 1. The molecule has 2 nitrogen and oxygen atoms in total. The number of pyridine rings is 1. The zero-order chi connectivity index (χ0) is 14.1. The van der Waals surface area contributed by atoms with Crippen LogP contribution in [0.1, 0.15) is 0 Å². The van der Waals surface area contributed by atoms with Crippen molar-refractivity contribution < 1.29 is 4.42 Å². The Morgan fingerprint density at radius 2 is 1.33 bits per heavy atom. The van der Waals surface area contributed by atoms with Gasteiger partial charge in [0.15, 0.2) is 5.58 Å². The normalized spacial score (nSPS) is 10.9. The molecule has 21 heavy (non-hydrogen) atoms. The van der Waals surface area contributed by atoms with Gasteiger partial charge in [0.1, 0.15) is 11.8 Å². The van der Waals surface area contributed by atoms with Crippen molar-refractivity contribution in [3.8, 4) is 22.4 Å². The minimum Gasteiger partial charge on any atom is -0.462 e. The van der Waals surface area contributed by atoms with Crippen LogP contribution >= 0.6 is 0 Å². The third-order valence-corrected chi connectivity index (χ3v) is 3.57. The van der Waals surface area contributed by atoms with Crippen molar-refractivity contribution in [3.05, 3.63) is 79.1 Å². The van der Waals surface area contributed by atoms with E-state index in [4.69, 9.17) is 9.40 Å². The summed E-state index contributed by atoms with van der Waals surface area (Å²) in [5, 5.41) is 0. The molecule has 0 saturated carbocycles. The molecule has 0 aliphatic carbocycles. The van der Waals surface area contributed by atoms with Gasteiger partial charge in [-0.15, -0.1) is 0 Å². The fourth-order valence-corrected chi connectivity index (χ4v) is 2.50. The van der Waals surface area contributed by atoms with Gasteiger partial charge in [-0.1, -0.05) is 60.7 Å². The molecule has 0 unspecified atom stereocenters. The Kier molecular flexibility index (Phi) is 2.79. The fourth-order valence-electron chi connectivity index (χ4n) is 2.50. The SMILES string of the molecule is c1ccc(-c2ccc3occ(-c4ccccc4)c3n2)cc1. The summed E-state index contributed by atoms with van der Waals surface area (Å²) in [4.78, 5) is 4.79. The van der Waals surface area contributed by atoms with E-state index in [1.54, 1.807) is 6.26 Å². The van der Waals surface area contributed by atoms with Crippen molar-refractivity contribution >= 4 is 11.1 Å². The van der Waals surface area contributed by atoms with E-state index in [-0.39, 0.29) is 0 Å². The highest BCUT2D eigenvalue weighted by molar-refractivity contribution is 5.92. The lowest BCUT2D eigenvalue weighted by Gasteiger charge is -2.02. The highest BCUT2D eigenvalue weighted by Crippen LogP contribution is 2.31. The van der Waals surface area contributed by atoms with E-state index in [9.17, 15) is 0 Å². The topological polar surface area (TPSA) is 26.0 Å². The monoisotopic (exact) mass is 271 g/mol. The van der Waals surface area contributed by atoms with Gasteiger partial charge in [0.2, 0.25) is 0 Å². The predicted molar refractivity (Wildman–Crippen MR) is 84.9 cm³/mol. The molecule has 0 N–H and O–H groups in total. The average Bonchev–Trinajstić information content (AvgIpc) is 2.99. The molecule has 0 fully saturated rings. The van der Waals surface area contributed by atoms with Crippen molar-refractivity contribution in [2.75, 3.05) is 0 Å². The first-order valence-electron chi connectivity index (χ1n) is 6.91. The van der Waals surface area contributed by atoms with E-state index >= 15 is 0 Å². The van der Waals surface area contributed by atoms with Gasteiger partial charge in [-0.3, -0.25) is 0 Å². The van der Waals surface area contributed by atoms with Crippen LogP contribution in [0, 0.1) is 0 Å². The average molecular weight is 271 g/mol. The molecule has 0 spiro atoms.